The van der Waals surface area contributed by atoms with E-state index in [4.69, 9.17) is 14.3 Å². The van der Waals surface area contributed by atoms with Gasteiger partial charge in [-0.15, -0.1) is 0 Å². The summed E-state index contributed by atoms with van der Waals surface area (Å²) in [7, 11) is -2.88. The maximum absolute atomic E-state index is 10.9. The zero-order valence-corrected chi connectivity index (χ0v) is 9.39. The molecule has 5 nitrogen and oxygen atoms in total. The lowest BCUT2D eigenvalue weighted by Gasteiger charge is -2.05. The van der Waals surface area contributed by atoms with Crippen LogP contribution in [0.15, 0.2) is 12.2 Å². The Balaban J connectivity index is 3.22. The molecule has 0 heterocycles. The molecule has 0 radical (unpaired) electrons. The maximum atomic E-state index is 10.9. The molecule has 0 aromatic rings. The second kappa shape index (κ2) is 7.69. The van der Waals surface area contributed by atoms with E-state index in [-0.39, 0.29) is 6.61 Å². The van der Waals surface area contributed by atoms with Crippen LogP contribution in [0.3, 0.4) is 0 Å². The molecule has 0 amide bonds. The van der Waals surface area contributed by atoms with Crippen molar-refractivity contribution in [3.05, 3.63) is 12.2 Å². The summed E-state index contributed by atoms with van der Waals surface area (Å²) < 4.78 is 9.39. The molecule has 0 aromatic heterocycles. The molecule has 0 rings (SSSR count). The SMILES string of the molecule is C=C(C)C(=O)OCCCCO[SiH](O)O. The van der Waals surface area contributed by atoms with Gasteiger partial charge in [-0.05, 0) is 19.8 Å². The van der Waals surface area contributed by atoms with E-state index in [0.717, 1.165) is 0 Å². The van der Waals surface area contributed by atoms with Gasteiger partial charge in [0.05, 0.1) is 6.61 Å². The van der Waals surface area contributed by atoms with Crippen molar-refractivity contribution in [3.63, 3.8) is 0 Å². The Labute approximate surface area is 84.9 Å². The summed E-state index contributed by atoms with van der Waals surface area (Å²) in [6.07, 6.45) is 1.27. The van der Waals surface area contributed by atoms with E-state index < -0.39 is 15.5 Å². The maximum Gasteiger partial charge on any atom is 0.478 e. The molecule has 0 aliphatic rings. The fourth-order valence-electron chi connectivity index (χ4n) is 0.681. The lowest BCUT2D eigenvalue weighted by Crippen LogP contribution is -2.17. The molecule has 2 N–H and O–H groups in total. The lowest BCUT2D eigenvalue weighted by molar-refractivity contribution is -0.139. The van der Waals surface area contributed by atoms with Crippen LogP contribution in [0.4, 0.5) is 0 Å². The highest BCUT2D eigenvalue weighted by Crippen LogP contribution is 1.96. The Morgan fingerprint density at radius 3 is 2.43 bits per heavy atom. The predicted molar refractivity (Wildman–Crippen MR) is 52.5 cm³/mol. The first kappa shape index (κ1) is 13.3. The molecule has 0 bridgehead atoms. The fourth-order valence-corrected chi connectivity index (χ4v) is 1.06. The normalized spacial score (nSPS) is 10.3. The van der Waals surface area contributed by atoms with Crippen LogP contribution in [0, 0.1) is 0 Å². The largest absolute Gasteiger partial charge is 0.478 e. The van der Waals surface area contributed by atoms with Gasteiger partial charge in [-0.3, -0.25) is 0 Å². The molecule has 0 aliphatic heterocycles. The minimum Gasteiger partial charge on any atom is -0.462 e. The second-order valence-electron chi connectivity index (χ2n) is 2.82. The lowest BCUT2D eigenvalue weighted by atomic mass is 10.3. The van der Waals surface area contributed by atoms with Gasteiger partial charge < -0.3 is 18.8 Å². The van der Waals surface area contributed by atoms with E-state index in [1.54, 1.807) is 6.92 Å². The van der Waals surface area contributed by atoms with Gasteiger partial charge in [0, 0.05) is 12.2 Å². The molecule has 14 heavy (non-hydrogen) atoms. The molecule has 0 spiro atoms. The summed E-state index contributed by atoms with van der Waals surface area (Å²) in [6, 6.07) is 0. The molecule has 82 valence electrons. The van der Waals surface area contributed by atoms with Gasteiger partial charge in [0.25, 0.3) is 0 Å². The Bertz CT molecular complexity index is 192. The van der Waals surface area contributed by atoms with Crippen LogP contribution in [0.25, 0.3) is 0 Å². The third kappa shape index (κ3) is 7.93. The number of hydrogen-bond acceptors (Lipinski definition) is 5. The minimum absolute atomic E-state index is 0.286. The highest BCUT2D eigenvalue weighted by atomic mass is 28.3. The smallest absolute Gasteiger partial charge is 0.462 e. The number of hydrogen-bond donors (Lipinski definition) is 2. The molecule has 6 heteroatoms. The second-order valence-corrected chi connectivity index (χ2v) is 3.81. The Hall–Kier alpha value is -0.693. The number of esters is 1. The molecule has 0 atom stereocenters. The monoisotopic (exact) mass is 220 g/mol. The summed E-state index contributed by atoms with van der Waals surface area (Å²) in [5.41, 5.74) is 0.374. The number of rotatable bonds is 7. The average Bonchev–Trinajstić information content (AvgIpc) is 2.09. The van der Waals surface area contributed by atoms with Crippen LogP contribution in [0.2, 0.25) is 0 Å². The van der Waals surface area contributed by atoms with E-state index in [0.29, 0.717) is 25.0 Å². The Morgan fingerprint density at radius 1 is 1.36 bits per heavy atom. The van der Waals surface area contributed by atoms with Crippen LogP contribution < -0.4 is 0 Å². The Kier molecular flexibility index (Phi) is 7.31. The topological polar surface area (TPSA) is 76.0 Å². The van der Waals surface area contributed by atoms with Crippen molar-refractivity contribution in [1.82, 2.24) is 0 Å². The van der Waals surface area contributed by atoms with Crippen molar-refractivity contribution in [3.8, 4) is 0 Å². The van der Waals surface area contributed by atoms with E-state index in [1.165, 1.54) is 0 Å². The van der Waals surface area contributed by atoms with Crippen molar-refractivity contribution in [2.45, 2.75) is 19.8 Å². The highest BCUT2D eigenvalue weighted by Gasteiger charge is 2.03. The van der Waals surface area contributed by atoms with Gasteiger partial charge in [-0.25, -0.2) is 4.79 Å². The molecule has 0 saturated heterocycles. The van der Waals surface area contributed by atoms with Gasteiger partial charge >= 0.3 is 15.5 Å². The quantitative estimate of drug-likeness (QED) is 0.264. The van der Waals surface area contributed by atoms with Crippen molar-refractivity contribution in [1.29, 1.82) is 0 Å². The van der Waals surface area contributed by atoms with Gasteiger partial charge in [-0.2, -0.15) is 0 Å². The first-order valence-corrected chi connectivity index (χ1v) is 5.85. The van der Waals surface area contributed by atoms with Gasteiger partial charge in [0.2, 0.25) is 0 Å². The van der Waals surface area contributed by atoms with Gasteiger partial charge in [0.15, 0.2) is 0 Å². The van der Waals surface area contributed by atoms with E-state index in [2.05, 4.69) is 11.0 Å². The molecular formula is C8H16O5Si. The van der Waals surface area contributed by atoms with Crippen LogP contribution in [-0.4, -0.2) is 38.3 Å². The fraction of sp³-hybridized carbons (Fsp3) is 0.625. The van der Waals surface area contributed by atoms with Crippen LogP contribution in [-0.2, 0) is 14.0 Å². The predicted octanol–water partition coefficient (Wildman–Crippen LogP) is -0.396. The van der Waals surface area contributed by atoms with Crippen molar-refractivity contribution >= 4 is 15.5 Å². The molecule has 0 aliphatic carbocycles. The van der Waals surface area contributed by atoms with Crippen LogP contribution >= 0.6 is 0 Å². The highest BCUT2D eigenvalue weighted by molar-refractivity contribution is 6.32. The number of carbonyl (C=O) groups excluding carboxylic acids is 1. The third-order valence-electron chi connectivity index (χ3n) is 1.39. The molecule has 0 aromatic carbocycles. The average molecular weight is 220 g/mol. The zero-order chi connectivity index (χ0) is 11.0. The molecule has 0 fully saturated rings. The summed E-state index contributed by atoms with van der Waals surface area (Å²) in [6.45, 7) is 5.61. The number of ether oxygens (including phenoxy) is 1. The minimum atomic E-state index is -2.88. The van der Waals surface area contributed by atoms with Crippen LogP contribution in [0.5, 0.6) is 0 Å². The molecular weight excluding hydrogens is 204 g/mol. The Morgan fingerprint density at radius 2 is 1.93 bits per heavy atom. The van der Waals surface area contributed by atoms with Crippen molar-refractivity contribution < 1.29 is 23.5 Å². The molecule has 0 unspecified atom stereocenters. The third-order valence-corrected chi connectivity index (χ3v) is 1.92. The van der Waals surface area contributed by atoms with Crippen molar-refractivity contribution in [2.24, 2.45) is 0 Å². The number of unbranched alkanes of at least 4 members (excludes halogenated alkanes) is 1. The van der Waals surface area contributed by atoms with Gasteiger partial charge in [0.1, 0.15) is 0 Å². The summed E-state index contributed by atoms with van der Waals surface area (Å²) in [4.78, 5) is 27.7. The summed E-state index contributed by atoms with van der Waals surface area (Å²) in [5, 5.41) is 0. The van der Waals surface area contributed by atoms with E-state index in [9.17, 15) is 4.79 Å². The van der Waals surface area contributed by atoms with Crippen LogP contribution in [0.1, 0.15) is 19.8 Å². The van der Waals surface area contributed by atoms with Gasteiger partial charge in [-0.1, -0.05) is 6.58 Å². The first-order valence-electron chi connectivity index (χ1n) is 4.34. The van der Waals surface area contributed by atoms with Crippen molar-refractivity contribution in [2.75, 3.05) is 13.2 Å². The standard InChI is InChI=1S/C8H16O5Si/c1-7(2)8(9)12-5-3-4-6-13-14(10)11/h10-11,14H,1,3-6H2,2H3. The summed E-state index contributed by atoms with van der Waals surface area (Å²) in [5.74, 6) is -0.400. The first-order chi connectivity index (χ1) is 6.54. The summed E-state index contributed by atoms with van der Waals surface area (Å²) >= 11 is 0. The molecule has 0 saturated carbocycles. The zero-order valence-electron chi connectivity index (χ0n) is 8.23. The van der Waals surface area contributed by atoms with E-state index in [1.807, 2.05) is 0 Å². The van der Waals surface area contributed by atoms with E-state index >= 15 is 0 Å². The number of carbonyl (C=O) groups is 1.